The number of aliphatic hydroxyl groups excluding tert-OH is 1. The molecule has 0 heterocycles. The van der Waals surface area contributed by atoms with Gasteiger partial charge in [0.2, 0.25) is 0 Å². The van der Waals surface area contributed by atoms with Gasteiger partial charge in [0, 0.05) is 25.7 Å². The zero-order chi connectivity index (χ0) is 81.0. The number of hydrogen-bond acceptors (Lipinski definition) is 15. The van der Waals surface area contributed by atoms with Gasteiger partial charge in [0.05, 0.1) is 26.4 Å². The molecule has 17 nitrogen and oxygen atoms in total. The summed E-state index contributed by atoms with van der Waals surface area (Å²) in [7, 11) is -9.94. The first kappa shape index (κ1) is 109. The Bertz CT molecular complexity index is 2090. The summed E-state index contributed by atoms with van der Waals surface area (Å²) < 4.78 is 69.1. The van der Waals surface area contributed by atoms with Crippen LogP contribution in [0.15, 0.2) is 0 Å². The van der Waals surface area contributed by atoms with E-state index in [1.807, 2.05) is 0 Å². The lowest BCUT2D eigenvalue weighted by Crippen LogP contribution is -2.30. The summed E-state index contributed by atoms with van der Waals surface area (Å²) in [6, 6.07) is 0. The van der Waals surface area contributed by atoms with Crippen LogP contribution in [0.4, 0.5) is 0 Å². The first-order valence-corrected chi connectivity index (χ1v) is 50.8. The highest BCUT2D eigenvalue weighted by atomic mass is 31.2. The lowest BCUT2D eigenvalue weighted by Gasteiger charge is -2.21. The summed E-state index contributed by atoms with van der Waals surface area (Å²) in [4.78, 5) is 73.5. The molecule has 0 aromatic carbocycles. The van der Waals surface area contributed by atoms with E-state index < -0.39 is 97.5 Å². The third-order valence-corrected chi connectivity index (χ3v) is 23.8. The van der Waals surface area contributed by atoms with E-state index in [2.05, 4.69) is 27.7 Å². The number of phosphoric acid groups is 2. The number of unbranched alkanes of at least 4 members (excludes halogenated alkanes) is 67. The molecule has 0 aliphatic carbocycles. The number of esters is 4. The standard InChI is InChI=1S/C92H180O17P2/c1-5-9-13-17-21-25-29-33-36-39-42-44-46-49-52-55-59-63-67-71-75-79-92(97)109-88(83-103-90(95)77-73-69-65-61-57-53-50-48-45-43-40-37-34-30-26-22-18-14-10-6-2)85-107-111(100,101)105-81-86(93)80-104-110(98,99)106-84-87(82-102-89(94)76-72-68-64-60-56-32-28-24-20-16-12-8-4)108-91(96)78-74-70-66-62-58-54-51-47-41-38-35-31-27-23-19-15-11-7-3/h86-88,93H,5-85H2,1-4H3,(H,98,99)(H,100,101)/t86-,87+,88+/m0/s1. The van der Waals surface area contributed by atoms with Crippen LogP contribution in [-0.2, 0) is 65.4 Å². The fraction of sp³-hybridized carbons (Fsp3) is 0.957. The van der Waals surface area contributed by atoms with E-state index in [4.69, 9.17) is 37.0 Å². The van der Waals surface area contributed by atoms with Gasteiger partial charge in [0.25, 0.3) is 0 Å². The molecule has 0 amide bonds. The molecule has 111 heavy (non-hydrogen) atoms. The SMILES string of the molecule is CCCCCCCCCCCCCCCCCCCCCCCC(=O)O[C@H](COC(=O)CCCCCCCCCCCCCCCCCCCCCC)COP(=O)(O)OC[C@@H](O)COP(=O)(O)OC[C@@H](COC(=O)CCCCCCCCCCCCCC)OC(=O)CCCCCCCCCCCCCCCCCCCC. The summed E-state index contributed by atoms with van der Waals surface area (Å²) in [5.41, 5.74) is 0. The second-order valence-corrected chi connectivity index (χ2v) is 36.0. The second kappa shape index (κ2) is 85.9. The lowest BCUT2D eigenvalue weighted by molar-refractivity contribution is -0.161. The maximum Gasteiger partial charge on any atom is 0.472 e. The molecule has 3 N–H and O–H groups in total. The first-order chi connectivity index (χ1) is 54.2. The molecular weight excluding hydrogens is 1440 g/mol. The zero-order valence-corrected chi connectivity index (χ0v) is 74.7. The van der Waals surface area contributed by atoms with Crippen LogP contribution >= 0.6 is 15.6 Å². The van der Waals surface area contributed by atoms with Gasteiger partial charge in [-0.3, -0.25) is 37.3 Å². The Kier molecular flexibility index (Phi) is 84.4. The number of ether oxygens (including phenoxy) is 4. The van der Waals surface area contributed by atoms with Crippen LogP contribution < -0.4 is 0 Å². The second-order valence-electron chi connectivity index (χ2n) is 33.1. The van der Waals surface area contributed by atoms with Crippen molar-refractivity contribution < 1.29 is 80.2 Å². The Morgan fingerprint density at radius 2 is 0.360 bits per heavy atom. The van der Waals surface area contributed by atoms with Gasteiger partial charge in [-0.25, -0.2) is 9.13 Å². The Labute approximate surface area is 683 Å². The number of carbonyl (C=O) groups excluding carboxylic acids is 4. The molecular formula is C92H180O17P2. The third kappa shape index (κ3) is 85.8. The smallest absolute Gasteiger partial charge is 0.462 e. The minimum absolute atomic E-state index is 0.110. The first-order valence-electron chi connectivity index (χ1n) is 47.8. The summed E-state index contributed by atoms with van der Waals surface area (Å²) in [6.45, 7) is 5.10. The van der Waals surface area contributed by atoms with Gasteiger partial charge >= 0.3 is 39.5 Å². The topological polar surface area (TPSA) is 237 Å². The van der Waals surface area contributed by atoms with Gasteiger partial charge in [-0.05, 0) is 25.7 Å². The quantitative estimate of drug-likeness (QED) is 0.0222. The summed E-state index contributed by atoms with van der Waals surface area (Å²) >= 11 is 0. The highest BCUT2D eigenvalue weighted by Crippen LogP contribution is 2.45. The van der Waals surface area contributed by atoms with E-state index in [1.54, 1.807) is 0 Å². The highest BCUT2D eigenvalue weighted by molar-refractivity contribution is 7.47. The third-order valence-electron chi connectivity index (χ3n) is 21.9. The summed E-state index contributed by atoms with van der Waals surface area (Å²) in [5.74, 6) is -2.09. The van der Waals surface area contributed by atoms with Crippen LogP contribution in [0.5, 0.6) is 0 Å². The van der Waals surface area contributed by atoms with Crippen LogP contribution in [0, 0.1) is 0 Å². The Balaban J connectivity index is 5.24. The molecule has 0 aromatic rings. The van der Waals surface area contributed by atoms with Crippen molar-refractivity contribution in [2.24, 2.45) is 0 Å². The van der Waals surface area contributed by atoms with E-state index >= 15 is 0 Å². The fourth-order valence-electron chi connectivity index (χ4n) is 14.6. The van der Waals surface area contributed by atoms with Gasteiger partial charge in [-0.15, -0.1) is 0 Å². The molecule has 0 aliphatic rings. The van der Waals surface area contributed by atoms with Crippen molar-refractivity contribution >= 4 is 39.5 Å². The highest BCUT2D eigenvalue weighted by Gasteiger charge is 2.31. The number of aliphatic hydroxyl groups is 1. The zero-order valence-electron chi connectivity index (χ0n) is 73.0. The Morgan fingerprint density at radius 3 is 0.532 bits per heavy atom. The van der Waals surface area contributed by atoms with E-state index in [1.165, 1.54) is 340 Å². The van der Waals surface area contributed by atoms with Crippen molar-refractivity contribution in [1.29, 1.82) is 0 Å². The molecule has 0 aliphatic heterocycles. The Morgan fingerprint density at radius 1 is 0.216 bits per heavy atom. The van der Waals surface area contributed by atoms with Crippen LogP contribution in [0.2, 0.25) is 0 Å². The maximum absolute atomic E-state index is 13.2. The van der Waals surface area contributed by atoms with Crippen molar-refractivity contribution in [3.63, 3.8) is 0 Å². The van der Waals surface area contributed by atoms with Crippen LogP contribution in [0.1, 0.15) is 509 Å². The maximum atomic E-state index is 13.2. The van der Waals surface area contributed by atoms with Crippen LogP contribution in [-0.4, -0.2) is 96.7 Å². The van der Waals surface area contributed by atoms with Gasteiger partial charge in [-0.2, -0.15) is 0 Å². The van der Waals surface area contributed by atoms with Crippen molar-refractivity contribution in [2.45, 2.75) is 528 Å². The minimum atomic E-state index is -4.97. The number of phosphoric ester groups is 2. The van der Waals surface area contributed by atoms with Crippen molar-refractivity contribution in [2.75, 3.05) is 39.6 Å². The fourth-order valence-corrected chi connectivity index (χ4v) is 16.2. The molecule has 5 atom stereocenters. The van der Waals surface area contributed by atoms with Crippen LogP contribution in [0.3, 0.4) is 0 Å². The molecule has 0 rings (SSSR count). The molecule has 660 valence electrons. The van der Waals surface area contributed by atoms with E-state index in [9.17, 15) is 43.2 Å². The molecule has 0 fully saturated rings. The molecule has 0 radical (unpaired) electrons. The predicted octanol–water partition coefficient (Wildman–Crippen LogP) is 28.9. The molecule has 0 saturated carbocycles. The van der Waals surface area contributed by atoms with Gasteiger partial charge in [0.15, 0.2) is 12.2 Å². The van der Waals surface area contributed by atoms with E-state index in [0.717, 1.165) is 89.9 Å². The number of carbonyl (C=O) groups is 4. The summed E-state index contributed by atoms with van der Waals surface area (Å²) in [5, 5.41) is 10.7. The van der Waals surface area contributed by atoms with Gasteiger partial charge < -0.3 is 33.8 Å². The molecule has 0 saturated heterocycles. The Hall–Kier alpha value is -1.94. The van der Waals surface area contributed by atoms with E-state index in [0.29, 0.717) is 25.7 Å². The van der Waals surface area contributed by atoms with Crippen molar-refractivity contribution in [1.82, 2.24) is 0 Å². The van der Waals surface area contributed by atoms with Crippen LogP contribution in [0.25, 0.3) is 0 Å². The number of hydrogen-bond donors (Lipinski definition) is 3. The molecule has 0 aromatic heterocycles. The monoisotopic (exact) mass is 1620 g/mol. The number of rotatable bonds is 93. The lowest BCUT2D eigenvalue weighted by atomic mass is 10.0. The minimum Gasteiger partial charge on any atom is -0.462 e. The van der Waals surface area contributed by atoms with Gasteiger partial charge in [-0.1, -0.05) is 458 Å². The average Bonchev–Trinajstić information content (AvgIpc) is 0.898. The molecule has 0 bridgehead atoms. The average molecular weight is 1620 g/mol. The van der Waals surface area contributed by atoms with Crippen molar-refractivity contribution in [3.05, 3.63) is 0 Å². The molecule has 2 unspecified atom stereocenters. The van der Waals surface area contributed by atoms with Gasteiger partial charge in [0.1, 0.15) is 19.3 Å². The normalized spacial score (nSPS) is 13.6. The largest absolute Gasteiger partial charge is 0.472 e. The molecule has 19 heteroatoms. The van der Waals surface area contributed by atoms with E-state index in [-0.39, 0.29) is 25.7 Å². The molecule has 0 spiro atoms. The summed E-state index contributed by atoms with van der Waals surface area (Å²) in [6.07, 6.45) is 83.4. The predicted molar refractivity (Wildman–Crippen MR) is 460 cm³/mol. The van der Waals surface area contributed by atoms with Crippen molar-refractivity contribution in [3.8, 4) is 0 Å².